The molecule has 1 heterocycles. The van der Waals surface area contributed by atoms with Gasteiger partial charge in [-0.05, 0) is 35.7 Å². The van der Waals surface area contributed by atoms with E-state index >= 15 is 0 Å². The third kappa shape index (κ3) is 1.88. The normalized spacial score (nSPS) is 11.2. The summed E-state index contributed by atoms with van der Waals surface area (Å²) in [7, 11) is 0. The third-order valence-electron chi connectivity index (χ3n) is 3.73. The molecule has 0 saturated carbocycles. The van der Waals surface area contributed by atoms with Gasteiger partial charge < -0.3 is 4.98 Å². The molecule has 1 nitrogen and oxygen atoms in total. The fraction of sp³-hybridized carbons (Fsp3) is 0.0526. The molecule has 3 aromatic carbocycles. The standard InChI is InChI=1S/C19H14N/c1-2-6-14(7-3-1)12-15-10-11-19-17(13-15)16-8-4-5-9-18(16)20-19/h1-10,13,20H,12H2. The van der Waals surface area contributed by atoms with Crippen molar-refractivity contribution < 1.29 is 0 Å². The van der Waals surface area contributed by atoms with Crippen LogP contribution in [0, 0.1) is 6.07 Å². The Morgan fingerprint density at radius 2 is 1.60 bits per heavy atom. The molecular weight excluding hydrogens is 242 g/mol. The van der Waals surface area contributed by atoms with E-state index in [4.69, 9.17) is 0 Å². The van der Waals surface area contributed by atoms with Crippen molar-refractivity contribution in [2.45, 2.75) is 6.42 Å². The first-order valence-corrected chi connectivity index (χ1v) is 6.85. The number of nitrogens with one attached hydrogen (secondary N) is 1. The molecule has 0 amide bonds. The van der Waals surface area contributed by atoms with Crippen LogP contribution in [0.3, 0.4) is 0 Å². The molecule has 0 aliphatic heterocycles. The molecule has 0 saturated heterocycles. The van der Waals surface area contributed by atoms with Gasteiger partial charge in [0.1, 0.15) is 0 Å². The van der Waals surface area contributed by atoms with Crippen molar-refractivity contribution in [3.63, 3.8) is 0 Å². The van der Waals surface area contributed by atoms with Gasteiger partial charge in [-0.1, -0.05) is 48.5 Å². The molecule has 0 bridgehead atoms. The molecular formula is C19H14N. The van der Waals surface area contributed by atoms with Gasteiger partial charge in [0.2, 0.25) is 0 Å². The number of para-hydroxylation sites is 1. The van der Waals surface area contributed by atoms with Gasteiger partial charge in [0, 0.05) is 22.4 Å². The van der Waals surface area contributed by atoms with Crippen molar-refractivity contribution in [3.8, 4) is 0 Å². The minimum absolute atomic E-state index is 0.951. The van der Waals surface area contributed by atoms with Crippen LogP contribution in [-0.2, 0) is 6.42 Å². The minimum Gasteiger partial charge on any atom is -0.354 e. The summed E-state index contributed by atoms with van der Waals surface area (Å²) in [5.74, 6) is 0. The van der Waals surface area contributed by atoms with Crippen LogP contribution in [0.2, 0.25) is 0 Å². The van der Waals surface area contributed by atoms with Gasteiger partial charge in [-0.3, -0.25) is 0 Å². The van der Waals surface area contributed by atoms with E-state index in [1.165, 1.54) is 27.4 Å². The number of hydrogen-bond acceptors (Lipinski definition) is 0. The summed E-state index contributed by atoms with van der Waals surface area (Å²) in [6.45, 7) is 0. The van der Waals surface area contributed by atoms with Crippen LogP contribution in [0.1, 0.15) is 11.1 Å². The van der Waals surface area contributed by atoms with Crippen LogP contribution in [0.15, 0.2) is 66.7 Å². The van der Waals surface area contributed by atoms with E-state index in [0.29, 0.717) is 0 Å². The Morgan fingerprint density at radius 3 is 2.50 bits per heavy atom. The van der Waals surface area contributed by atoms with Crippen molar-refractivity contribution in [2.24, 2.45) is 0 Å². The zero-order valence-electron chi connectivity index (χ0n) is 11.1. The summed E-state index contributed by atoms with van der Waals surface area (Å²) in [6.07, 6.45) is 0.951. The molecule has 0 unspecified atom stereocenters. The molecule has 95 valence electrons. The smallest absolute Gasteiger partial charge is 0.0545 e. The highest BCUT2D eigenvalue weighted by atomic mass is 14.7. The van der Waals surface area contributed by atoms with Crippen LogP contribution in [0.25, 0.3) is 21.8 Å². The number of fused-ring (bicyclic) bond motifs is 3. The summed E-state index contributed by atoms with van der Waals surface area (Å²) in [5.41, 5.74) is 4.90. The lowest BCUT2D eigenvalue weighted by atomic mass is 10.0. The maximum atomic E-state index is 3.41. The van der Waals surface area contributed by atoms with Gasteiger partial charge in [0.05, 0.1) is 5.52 Å². The number of H-pyrrole nitrogens is 1. The van der Waals surface area contributed by atoms with E-state index < -0.39 is 0 Å². The SMILES string of the molecule is [c]1cc(Cc2ccccc2)cc2c1[nH]c1ccccc12. The summed E-state index contributed by atoms with van der Waals surface area (Å²) < 4.78 is 0. The second-order valence-corrected chi connectivity index (χ2v) is 5.13. The Labute approximate surface area is 117 Å². The van der Waals surface area contributed by atoms with Gasteiger partial charge in [-0.2, -0.15) is 0 Å². The summed E-state index contributed by atoms with van der Waals surface area (Å²) in [6, 6.07) is 26.7. The van der Waals surface area contributed by atoms with Gasteiger partial charge >= 0.3 is 0 Å². The predicted molar refractivity (Wildman–Crippen MR) is 83.9 cm³/mol. The first-order chi connectivity index (χ1) is 9.90. The second kappa shape index (κ2) is 4.53. The molecule has 20 heavy (non-hydrogen) atoms. The number of benzene rings is 3. The summed E-state index contributed by atoms with van der Waals surface area (Å²) in [5, 5.41) is 2.53. The highest BCUT2D eigenvalue weighted by molar-refractivity contribution is 6.07. The van der Waals surface area contributed by atoms with Crippen LogP contribution >= 0.6 is 0 Å². The highest BCUT2D eigenvalue weighted by Gasteiger charge is 2.05. The topological polar surface area (TPSA) is 15.8 Å². The Bertz CT molecular complexity index is 872. The van der Waals surface area contributed by atoms with E-state index in [0.717, 1.165) is 11.9 Å². The number of aromatic nitrogens is 1. The van der Waals surface area contributed by atoms with E-state index in [9.17, 15) is 0 Å². The van der Waals surface area contributed by atoms with Crippen molar-refractivity contribution in [1.82, 2.24) is 4.98 Å². The van der Waals surface area contributed by atoms with Crippen LogP contribution in [0.5, 0.6) is 0 Å². The molecule has 0 atom stereocenters. The lowest BCUT2D eigenvalue weighted by molar-refractivity contribution is 1.20. The zero-order valence-corrected chi connectivity index (χ0v) is 11.1. The highest BCUT2D eigenvalue weighted by Crippen LogP contribution is 2.26. The summed E-state index contributed by atoms with van der Waals surface area (Å²) in [4.78, 5) is 3.41. The first kappa shape index (κ1) is 11.3. The Morgan fingerprint density at radius 1 is 0.800 bits per heavy atom. The fourth-order valence-corrected chi connectivity index (χ4v) is 2.75. The molecule has 0 aliphatic rings. The maximum absolute atomic E-state index is 3.41. The van der Waals surface area contributed by atoms with Crippen LogP contribution < -0.4 is 0 Å². The quantitative estimate of drug-likeness (QED) is 0.534. The Hall–Kier alpha value is -2.54. The van der Waals surface area contributed by atoms with Crippen molar-refractivity contribution in [3.05, 3.63) is 83.9 Å². The third-order valence-corrected chi connectivity index (χ3v) is 3.73. The minimum atomic E-state index is 0.951. The lowest BCUT2D eigenvalue weighted by Crippen LogP contribution is -1.87. The molecule has 4 aromatic rings. The average molecular weight is 256 g/mol. The fourth-order valence-electron chi connectivity index (χ4n) is 2.75. The first-order valence-electron chi connectivity index (χ1n) is 6.85. The predicted octanol–water partition coefficient (Wildman–Crippen LogP) is 4.71. The number of rotatable bonds is 2. The molecule has 0 spiro atoms. The molecule has 1 heteroatoms. The Balaban J connectivity index is 1.83. The molecule has 1 aromatic heterocycles. The van der Waals surface area contributed by atoms with Gasteiger partial charge in [0.25, 0.3) is 0 Å². The van der Waals surface area contributed by atoms with E-state index in [1.54, 1.807) is 0 Å². The van der Waals surface area contributed by atoms with E-state index in [-0.39, 0.29) is 0 Å². The van der Waals surface area contributed by atoms with E-state index in [1.807, 2.05) is 0 Å². The Kier molecular flexibility index (Phi) is 2.56. The molecule has 1 N–H and O–H groups in total. The summed E-state index contributed by atoms with van der Waals surface area (Å²) >= 11 is 0. The van der Waals surface area contributed by atoms with E-state index in [2.05, 4.69) is 77.8 Å². The number of aromatic amines is 1. The van der Waals surface area contributed by atoms with Crippen LogP contribution in [-0.4, -0.2) is 4.98 Å². The molecule has 4 rings (SSSR count). The van der Waals surface area contributed by atoms with Crippen molar-refractivity contribution in [1.29, 1.82) is 0 Å². The average Bonchev–Trinajstić information content (AvgIpc) is 2.86. The molecule has 0 fully saturated rings. The van der Waals surface area contributed by atoms with Gasteiger partial charge in [0.15, 0.2) is 0 Å². The van der Waals surface area contributed by atoms with Crippen molar-refractivity contribution in [2.75, 3.05) is 0 Å². The largest absolute Gasteiger partial charge is 0.354 e. The molecule has 1 radical (unpaired) electrons. The maximum Gasteiger partial charge on any atom is 0.0545 e. The monoisotopic (exact) mass is 256 g/mol. The zero-order chi connectivity index (χ0) is 13.4. The lowest BCUT2D eigenvalue weighted by Gasteiger charge is -2.02. The molecule has 0 aliphatic carbocycles. The second-order valence-electron chi connectivity index (χ2n) is 5.13. The van der Waals surface area contributed by atoms with Crippen LogP contribution in [0.4, 0.5) is 0 Å². The van der Waals surface area contributed by atoms with Gasteiger partial charge in [-0.25, -0.2) is 0 Å². The number of hydrogen-bond donors (Lipinski definition) is 1. The van der Waals surface area contributed by atoms with Crippen molar-refractivity contribution >= 4 is 21.8 Å². The van der Waals surface area contributed by atoms with Gasteiger partial charge in [-0.15, -0.1) is 0 Å².